The van der Waals surface area contributed by atoms with E-state index in [2.05, 4.69) is 10.6 Å². The lowest BCUT2D eigenvalue weighted by molar-refractivity contribution is -0.150. The number of rotatable bonds is 7. The van der Waals surface area contributed by atoms with Crippen molar-refractivity contribution in [1.82, 2.24) is 10.6 Å². The molecule has 1 aromatic rings. The Morgan fingerprint density at radius 2 is 1.67 bits per heavy atom. The molecule has 0 unspecified atom stereocenters. The maximum atomic E-state index is 11.6. The second kappa shape index (κ2) is 9.54. The van der Waals surface area contributed by atoms with Gasteiger partial charge in [0.1, 0.15) is 5.75 Å². The van der Waals surface area contributed by atoms with Crippen LogP contribution in [0.2, 0.25) is 0 Å². The van der Waals surface area contributed by atoms with Crippen molar-refractivity contribution >= 4 is 17.9 Å². The zero-order valence-electron chi connectivity index (χ0n) is 14.5. The molecule has 0 saturated heterocycles. The number of imide groups is 1. The first-order chi connectivity index (χ1) is 11.3. The van der Waals surface area contributed by atoms with Gasteiger partial charge in [-0.3, -0.25) is 10.1 Å². The Kier molecular flexibility index (Phi) is 7.74. The van der Waals surface area contributed by atoms with Gasteiger partial charge < -0.3 is 14.8 Å². The number of ether oxygens (including phenoxy) is 2. The van der Waals surface area contributed by atoms with Crippen LogP contribution in [0.3, 0.4) is 0 Å². The fourth-order valence-electron chi connectivity index (χ4n) is 1.85. The third kappa shape index (κ3) is 8.17. The Hall–Kier alpha value is -2.57. The average molecular weight is 336 g/mol. The highest BCUT2D eigenvalue weighted by Gasteiger charge is 2.11. The van der Waals surface area contributed by atoms with Crippen molar-refractivity contribution in [2.24, 2.45) is 5.92 Å². The molecule has 0 aliphatic heterocycles. The Morgan fingerprint density at radius 1 is 1.04 bits per heavy atom. The first-order valence-electron chi connectivity index (χ1n) is 7.70. The normalized spacial score (nSPS) is 10.2. The van der Waals surface area contributed by atoms with Crippen molar-refractivity contribution in [3.63, 3.8) is 0 Å². The largest absolute Gasteiger partial charge is 0.482 e. The molecule has 1 aromatic carbocycles. The summed E-state index contributed by atoms with van der Waals surface area (Å²) in [5, 5.41) is 4.59. The maximum absolute atomic E-state index is 11.6. The summed E-state index contributed by atoms with van der Waals surface area (Å²) in [6.45, 7) is 7.31. The van der Waals surface area contributed by atoms with Crippen molar-refractivity contribution in [3.05, 3.63) is 29.3 Å². The molecule has 7 heteroatoms. The number of hydrogen-bond donors (Lipinski definition) is 2. The molecule has 132 valence electrons. The minimum atomic E-state index is -0.698. The number of carbonyl (C=O) groups excluding carboxylic acids is 3. The monoisotopic (exact) mass is 336 g/mol. The maximum Gasteiger partial charge on any atom is 0.344 e. The van der Waals surface area contributed by atoms with Gasteiger partial charge in [-0.2, -0.15) is 0 Å². The fourth-order valence-corrected chi connectivity index (χ4v) is 1.85. The summed E-state index contributed by atoms with van der Waals surface area (Å²) >= 11 is 0. The van der Waals surface area contributed by atoms with Crippen LogP contribution >= 0.6 is 0 Å². The smallest absolute Gasteiger partial charge is 0.344 e. The summed E-state index contributed by atoms with van der Waals surface area (Å²) in [5.74, 6) is -0.559. The van der Waals surface area contributed by atoms with E-state index < -0.39 is 24.5 Å². The van der Waals surface area contributed by atoms with Crippen LogP contribution in [0.4, 0.5) is 4.79 Å². The Labute approximate surface area is 141 Å². The van der Waals surface area contributed by atoms with Crippen molar-refractivity contribution in [2.45, 2.75) is 27.7 Å². The van der Waals surface area contributed by atoms with E-state index in [1.807, 2.05) is 33.8 Å². The van der Waals surface area contributed by atoms with Gasteiger partial charge in [-0.05, 0) is 43.0 Å². The van der Waals surface area contributed by atoms with Crippen LogP contribution in [-0.4, -0.2) is 37.7 Å². The van der Waals surface area contributed by atoms with Crippen molar-refractivity contribution in [3.8, 4) is 5.75 Å². The number of nitrogens with one attached hydrogen (secondary N) is 2. The van der Waals surface area contributed by atoms with Gasteiger partial charge >= 0.3 is 12.0 Å². The van der Waals surface area contributed by atoms with Gasteiger partial charge in [0.15, 0.2) is 13.2 Å². The lowest BCUT2D eigenvalue weighted by Crippen LogP contribution is -2.42. The molecule has 0 radical (unpaired) electrons. The van der Waals surface area contributed by atoms with E-state index in [0.717, 1.165) is 11.1 Å². The quantitative estimate of drug-likeness (QED) is 0.739. The minimum Gasteiger partial charge on any atom is -0.482 e. The molecule has 2 N–H and O–H groups in total. The number of aryl methyl sites for hydroxylation is 2. The molecule has 0 spiro atoms. The van der Waals surface area contributed by atoms with Gasteiger partial charge in [0.05, 0.1) is 0 Å². The van der Waals surface area contributed by atoms with Gasteiger partial charge in [-0.25, -0.2) is 9.59 Å². The predicted octanol–water partition coefficient (Wildman–Crippen LogP) is 1.71. The van der Waals surface area contributed by atoms with E-state index >= 15 is 0 Å². The molecule has 0 aliphatic carbocycles. The Balaban J connectivity index is 2.28. The van der Waals surface area contributed by atoms with Crippen LogP contribution in [0.15, 0.2) is 18.2 Å². The van der Waals surface area contributed by atoms with E-state index in [1.54, 1.807) is 12.1 Å². The fraction of sp³-hybridized carbons (Fsp3) is 0.471. The zero-order valence-corrected chi connectivity index (χ0v) is 14.5. The SMILES string of the molecule is Cc1cc(C)cc(OCC(=O)OCC(=O)NC(=O)NCC(C)C)c1. The number of carbonyl (C=O) groups is 3. The van der Waals surface area contributed by atoms with Gasteiger partial charge in [0.25, 0.3) is 5.91 Å². The van der Waals surface area contributed by atoms with E-state index in [1.165, 1.54) is 0 Å². The molecule has 0 atom stereocenters. The lowest BCUT2D eigenvalue weighted by atomic mass is 10.1. The molecule has 0 aliphatic rings. The van der Waals surface area contributed by atoms with Gasteiger partial charge in [0, 0.05) is 6.54 Å². The molecule has 3 amide bonds. The average Bonchev–Trinajstić information content (AvgIpc) is 2.48. The molecule has 24 heavy (non-hydrogen) atoms. The highest BCUT2D eigenvalue weighted by Crippen LogP contribution is 2.15. The second-order valence-corrected chi connectivity index (χ2v) is 5.92. The van der Waals surface area contributed by atoms with Crippen LogP contribution in [0.25, 0.3) is 0 Å². The van der Waals surface area contributed by atoms with Crippen molar-refractivity contribution in [1.29, 1.82) is 0 Å². The van der Waals surface area contributed by atoms with Crippen LogP contribution in [0.5, 0.6) is 5.75 Å². The van der Waals surface area contributed by atoms with Crippen LogP contribution in [-0.2, 0) is 14.3 Å². The molecule has 0 saturated carbocycles. The Morgan fingerprint density at radius 3 is 2.25 bits per heavy atom. The summed E-state index contributed by atoms with van der Waals surface area (Å²) in [5.41, 5.74) is 2.04. The van der Waals surface area contributed by atoms with Crippen LogP contribution in [0, 0.1) is 19.8 Å². The summed E-state index contributed by atoms with van der Waals surface area (Å²) in [7, 11) is 0. The highest BCUT2D eigenvalue weighted by atomic mass is 16.6. The second-order valence-electron chi connectivity index (χ2n) is 5.92. The van der Waals surface area contributed by atoms with Crippen molar-refractivity contribution in [2.75, 3.05) is 19.8 Å². The Bertz CT molecular complexity index is 578. The summed E-state index contributed by atoms with van der Waals surface area (Å²) in [6, 6.07) is 4.97. The minimum absolute atomic E-state index is 0.270. The first-order valence-corrected chi connectivity index (χ1v) is 7.70. The third-order valence-electron chi connectivity index (χ3n) is 2.84. The molecule has 0 aromatic heterocycles. The van der Waals surface area contributed by atoms with E-state index in [-0.39, 0.29) is 12.5 Å². The van der Waals surface area contributed by atoms with Gasteiger partial charge in [0.2, 0.25) is 0 Å². The van der Waals surface area contributed by atoms with Crippen LogP contribution in [0.1, 0.15) is 25.0 Å². The van der Waals surface area contributed by atoms with E-state index in [0.29, 0.717) is 12.3 Å². The number of hydrogen-bond acceptors (Lipinski definition) is 5. The van der Waals surface area contributed by atoms with Crippen LogP contribution < -0.4 is 15.4 Å². The van der Waals surface area contributed by atoms with Gasteiger partial charge in [-0.15, -0.1) is 0 Å². The standard InChI is InChI=1S/C17H24N2O5/c1-11(2)8-18-17(22)19-15(20)9-24-16(21)10-23-14-6-12(3)5-13(4)7-14/h5-7,11H,8-10H2,1-4H3,(H2,18,19,20,22). The summed E-state index contributed by atoms with van der Waals surface area (Å²) < 4.78 is 10.1. The molecular formula is C17H24N2O5. The molecule has 0 fully saturated rings. The molecule has 0 heterocycles. The molecule has 0 bridgehead atoms. The summed E-state index contributed by atoms with van der Waals surface area (Å²) in [4.78, 5) is 34.4. The molecule has 1 rings (SSSR count). The van der Waals surface area contributed by atoms with E-state index in [9.17, 15) is 14.4 Å². The van der Waals surface area contributed by atoms with Gasteiger partial charge in [-0.1, -0.05) is 19.9 Å². The molecular weight excluding hydrogens is 312 g/mol. The van der Waals surface area contributed by atoms with Crippen molar-refractivity contribution < 1.29 is 23.9 Å². The topological polar surface area (TPSA) is 93.7 Å². The number of esters is 1. The molecule has 7 nitrogen and oxygen atoms in total. The third-order valence-corrected chi connectivity index (χ3v) is 2.84. The predicted molar refractivity (Wildman–Crippen MR) is 88.7 cm³/mol. The number of amides is 3. The number of urea groups is 1. The number of benzene rings is 1. The lowest BCUT2D eigenvalue weighted by Gasteiger charge is -2.10. The first kappa shape index (κ1) is 19.5. The summed E-state index contributed by atoms with van der Waals surface area (Å²) in [6.07, 6.45) is 0. The van der Waals surface area contributed by atoms with E-state index in [4.69, 9.17) is 9.47 Å². The highest BCUT2D eigenvalue weighted by molar-refractivity contribution is 5.95. The zero-order chi connectivity index (χ0) is 18.1.